The van der Waals surface area contributed by atoms with Gasteiger partial charge in [0.15, 0.2) is 0 Å². The molecule has 0 bridgehead atoms. The summed E-state index contributed by atoms with van der Waals surface area (Å²) in [7, 11) is -3.06. The lowest BCUT2D eigenvalue weighted by molar-refractivity contribution is 0.187. The van der Waals surface area contributed by atoms with E-state index in [2.05, 4.69) is 27.7 Å². The molecule has 0 saturated carbocycles. The molecule has 0 amide bonds. The lowest BCUT2D eigenvalue weighted by Crippen LogP contribution is -2.15. The highest BCUT2D eigenvalue weighted by Gasteiger charge is 2.35. The molecular formula is C32H67O3P. The first-order valence-corrected chi connectivity index (χ1v) is 18.1. The van der Waals surface area contributed by atoms with Crippen LogP contribution in [0.5, 0.6) is 0 Å². The molecule has 0 aromatic carbocycles. The highest BCUT2D eigenvalue weighted by atomic mass is 31.2. The predicted octanol–water partition coefficient (Wildman–Crippen LogP) is 12.4. The Hall–Kier alpha value is 0.150. The van der Waals surface area contributed by atoms with E-state index in [4.69, 9.17) is 9.05 Å². The minimum absolute atomic E-state index is 0.0882. The molecule has 36 heavy (non-hydrogen) atoms. The summed E-state index contributed by atoms with van der Waals surface area (Å²) in [4.78, 5) is 0. The zero-order chi connectivity index (χ0) is 26.6. The fraction of sp³-hybridized carbons (Fsp3) is 1.00. The van der Waals surface area contributed by atoms with Gasteiger partial charge in [-0.3, -0.25) is 4.57 Å². The molecule has 0 saturated heterocycles. The summed E-state index contributed by atoms with van der Waals surface area (Å²) in [5, 5.41) is 0. The Kier molecular flexibility index (Phi) is 28.3. The van der Waals surface area contributed by atoms with Gasteiger partial charge in [-0.25, -0.2) is 0 Å². The normalized spacial score (nSPS) is 12.9. The van der Waals surface area contributed by atoms with Crippen molar-refractivity contribution in [1.82, 2.24) is 0 Å². The molecule has 0 heterocycles. The zero-order valence-electron chi connectivity index (χ0n) is 25.3. The van der Waals surface area contributed by atoms with Crippen molar-refractivity contribution < 1.29 is 13.6 Å². The lowest BCUT2D eigenvalue weighted by Gasteiger charge is -2.27. The van der Waals surface area contributed by atoms with E-state index in [-0.39, 0.29) is 5.66 Å². The van der Waals surface area contributed by atoms with Crippen LogP contribution in [0.15, 0.2) is 0 Å². The molecule has 1 unspecified atom stereocenters. The standard InChI is InChI=1S/C32H67O3P/c1-5-9-13-17-18-19-20-21-22-23-25-29-32(28-24-14-10-6-2)36(33,34-30-26-15-11-7-3)35-31-27-16-12-8-4/h32H,5-31H2,1-4H3. The van der Waals surface area contributed by atoms with E-state index >= 15 is 0 Å². The molecule has 0 N–H and O–H groups in total. The SMILES string of the molecule is CCCCCCCCCCCCCC(CCCCCC)P(=O)(OCCCCCC)OCCCCCC. The van der Waals surface area contributed by atoms with Crippen LogP contribution >= 0.6 is 7.60 Å². The average molecular weight is 531 g/mol. The Labute approximate surface area is 228 Å². The minimum Gasteiger partial charge on any atom is -0.308 e. The smallest absolute Gasteiger partial charge is 0.308 e. The van der Waals surface area contributed by atoms with E-state index in [1.807, 2.05) is 0 Å². The van der Waals surface area contributed by atoms with Crippen molar-refractivity contribution in [3.8, 4) is 0 Å². The van der Waals surface area contributed by atoms with Crippen LogP contribution in [0.3, 0.4) is 0 Å². The Morgan fingerprint density at radius 3 is 1.06 bits per heavy atom. The van der Waals surface area contributed by atoms with E-state index in [9.17, 15) is 4.57 Å². The van der Waals surface area contributed by atoms with Gasteiger partial charge in [-0.15, -0.1) is 0 Å². The van der Waals surface area contributed by atoms with Crippen LogP contribution in [0.25, 0.3) is 0 Å². The van der Waals surface area contributed by atoms with Gasteiger partial charge < -0.3 is 9.05 Å². The van der Waals surface area contributed by atoms with Crippen molar-refractivity contribution in [3.05, 3.63) is 0 Å². The molecular weight excluding hydrogens is 463 g/mol. The Morgan fingerprint density at radius 2 is 0.694 bits per heavy atom. The van der Waals surface area contributed by atoms with Crippen LogP contribution in [0.1, 0.15) is 188 Å². The third-order valence-corrected chi connectivity index (χ3v) is 10.0. The van der Waals surface area contributed by atoms with Gasteiger partial charge >= 0.3 is 7.60 Å². The van der Waals surface area contributed by atoms with E-state index < -0.39 is 7.60 Å². The molecule has 0 aliphatic rings. The predicted molar refractivity (Wildman–Crippen MR) is 161 cm³/mol. The summed E-state index contributed by atoms with van der Waals surface area (Å²) >= 11 is 0. The lowest BCUT2D eigenvalue weighted by atomic mass is 10.0. The van der Waals surface area contributed by atoms with Gasteiger partial charge in [-0.2, -0.15) is 0 Å². The van der Waals surface area contributed by atoms with Crippen molar-refractivity contribution in [1.29, 1.82) is 0 Å². The summed E-state index contributed by atoms with van der Waals surface area (Å²) in [6, 6.07) is 0. The van der Waals surface area contributed by atoms with Crippen LogP contribution in [0, 0.1) is 0 Å². The van der Waals surface area contributed by atoms with Gasteiger partial charge in [-0.1, -0.05) is 163 Å². The van der Waals surface area contributed by atoms with E-state index in [0.717, 1.165) is 51.4 Å². The molecule has 0 aliphatic carbocycles. The second-order valence-electron chi connectivity index (χ2n) is 11.2. The molecule has 0 spiro atoms. The van der Waals surface area contributed by atoms with Crippen LogP contribution in [-0.2, 0) is 13.6 Å². The van der Waals surface area contributed by atoms with Crippen molar-refractivity contribution in [3.63, 3.8) is 0 Å². The largest absolute Gasteiger partial charge is 0.333 e. The third-order valence-electron chi connectivity index (χ3n) is 7.52. The van der Waals surface area contributed by atoms with Crippen molar-refractivity contribution in [2.45, 2.75) is 194 Å². The topological polar surface area (TPSA) is 35.5 Å². The van der Waals surface area contributed by atoms with Crippen molar-refractivity contribution in [2.24, 2.45) is 0 Å². The minimum atomic E-state index is -3.06. The molecule has 0 rings (SSSR count). The summed E-state index contributed by atoms with van der Waals surface area (Å²) in [5.41, 5.74) is 0.0882. The molecule has 4 heteroatoms. The fourth-order valence-corrected chi connectivity index (χ4v) is 7.26. The van der Waals surface area contributed by atoms with Gasteiger partial charge in [0.2, 0.25) is 0 Å². The fourth-order valence-electron chi connectivity index (χ4n) is 5.00. The summed E-state index contributed by atoms with van der Waals surface area (Å²) in [6.45, 7) is 10.2. The van der Waals surface area contributed by atoms with E-state index in [1.54, 1.807) is 0 Å². The van der Waals surface area contributed by atoms with E-state index in [1.165, 1.54) is 109 Å². The highest BCUT2D eigenvalue weighted by molar-refractivity contribution is 7.54. The number of unbranched alkanes of at least 4 members (excludes halogenated alkanes) is 19. The Balaban J connectivity index is 4.66. The van der Waals surface area contributed by atoms with Crippen molar-refractivity contribution in [2.75, 3.05) is 13.2 Å². The number of hydrogen-bond donors (Lipinski definition) is 0. The number of rotatable bonds is 30. The monoisotopic (exact) mass is 530 g/mol. The molecule has 3 nitrogen and oxygen atoms in total. The van der Waals surface area contributed by atoms with Crippen molar-refractivity contribution >= 4 is 7.60 Å². The van der Waals surface area contributed by atoms with E-state index in [0.29, 0.717) is 13.2 Å². The molecule has 0 fully saturated rings. The first-order valence-electron chi connectivity index (χ1n) is 16.5. The van der Waals surface area contributed by atoms with Gasteiger partial charge in [0.05, 0.1) is 18.9 Å². The summed E-state index contributed by atoms with van der Waals surface area (Å²) in [6.07, 6.45) is 30.9. The molecule has 0 aromatic rings. The second-order valence-corrected chi connectivity index (χ2v) is 13.5. The highest BCUT2D eigenvalue weighted by Crippen LogP contribution is 2.56. The second kappa shape index (κ2) is 28.2. The molecule has 0 aliphatic heterocycles. The first-order chi connectivity index (χ1) is 17.6. The van der Waals surface area contributed by atoms with Crippen LogP contribution < -0.4 is 0 Å². The maximum atomic E-state index is 14.1. The van der Waals surface area contributed by atoms with Gasteiger partial charge in [0.25, 0.3) is 0 Å². The molecule has 0 aromatic heterocycles. The quantitative estimate of drug-likeness (QED) is 0.0684. The number of hydrogen-bond acceptors (Lipinski definition) is 3. The average Bonchev–Trinajstić information content (AvgIpc) is 2.88. The van der Waals surface area contributed by atoms with Crippen LogP contribution in [0.4, 0.5) is 0 Å². The first kappa shape index (κ1) is 36.1. The zero-order valence-corrected chi connectivity index (χ0v) is 26.2. The maximum absolute atomic E-state index is 14.1. The summed E-state index contributed by atoms with van der Waals surface area (Å²) < 4.78 is 26.5. The molecule has 1 atom stereocenters. The van der Waals surface area contributed by atoms with Gasteiger partial charge in [0, 0.05) is 0 Å². The summed E-state index contributed by atoms with van der Waals surface area (Å²) in [5.74, 6) is 0. The Bertz CT molecular complexity index is 450. The van der Waals surface area contributed by atoms with Crippen LogP contribution in [-0.4, -0.2) is 18.9 Å². The molecule has 218 valence electrons. The third kappa shape index (κ3) is 22.2. The maximum Gasteiger partial charge on any atom is 0.333 e. The molecule has 0 radical (unpaired) electrons. The van der Waals surface area contributed by atoms with Gasteiger partial charge in [-0.05, 0) is 25.7 Å². The van der Waals surface area contributed by atoms with Gasteiger partial charge in [0.1, 0.15) is 0 Å². The Morgan fingerprint density at radius 1 is 0.417 bits per heavy atom. The van der Waals surface area contributed by atoms with Crippen LogP contribution in [0.2, 0.25) is 0 Å².